The lowest BCUT2D eigenvalue weighted by atomic mass is 9.75. The molecule has 0 amide bonds. The van der Waals surface area contributed by atoms with Gasteiger partial charge >= 0.3 is 0 Å². The minimum absolute atomic E-state index is 0.0440. The largest absolute Gasteiger partial charge is 0.496 e. The lowest BCUT2D eigenvalue weighted by Crippen LogP contribution is -2.24. The van der Waals surface area contributed by atoms with E-state index in [1.807, 2.05) is 24.3 Å². The molecule has 0 spiro atoms. The van der Waals surface area contributed by atoms with Crippen molar-refractivity contribution < 1.29 is 14.0 Å². The van der Waals surface area contributed by atoms with E-state index in [1.165, 1.54) is 19.3 Å². The first-order valence-electron chi connectivity index (χ1n) is 10.0. The van der Waals surface area contributed by atoms with Gasteiger partial charge in [-0.15, -0.1) is 0 Å². The molecule has 28 heavy (non-hydrogen) atoms. The summed E-state index contributed by atoms with van der Waals surface area (Å²) in [4.78, 5) is 0.474. The van der Waals surface area contributed by atoms with E-state index < -0.39 is 0 Å². The maximum Gasteiger partial charge on any atom is 0.229 e. The Balaban J connectivity index is 2.23. The third kappa shape index (κ3) is 4.85. The number of anilines is 1. The average Bonchev–Trinajstić information content (AvgIpc) is 3.19. The third-order valence-corrected chi connectivity index (χ3v) is 5.86. The zero-order valence-corrected chi connectivity index (χ0v) is 18.4. The standard InChI is InChI=1S/C22H32N2O3S/c1-6-9-10-14-22(7-2,8-3)18-15-19(27-24-18)23-21(28)20-16(25-4)12-11-13-17(20)26-5/h11-13,15H,6-10,14H2,1-5H3,(H,23,28). The van der Waals surface area contributed by atoms with Crippen molar-refractivity contribution in [2.45, 2.75) is 64.7 Å². The van der Waals surface area contributed by atoms with Crippen LogP contribution < -0.4 is 14.8 Å². The molecule has 0 saturated carbocycles. The van der Waals surface area contributed by atoms with Gasteiger partial charge in [0.05, 0.1) is 25.5 Å². The summed E-state index contributed by atoms with van der Waals surface area (Å²) in [6.07, 6.45) is 6.83. The summed E-state index contributed by atoms with van der Waals surface area (Å²) >= 11 is 5.60. The van der Waals surface area contributed by atoms with Crippen molar-refractivity contribution in [1.29, 1.82) is 0 Å². The number of ether oxygens (including phenoxy) is 2. The van der Waals surface area contributed by atoms with Crippen LogP contribution in [-0.4, -0.2) is 24.4 Å². The Hall–Kier alpha value is -2.08. The summed E-state index contributed by atoms with van der Waals surface area (Å²) in [6.45, 7) is 6.67. The summed E-state index contributed by atoms with van der Waals surface area (Å²) in [7, 11) is 3.22. The molecule has 1 aromatic heterocycles. The van der Waals surface area contributed by atoms with Crippen molar-refractivity contribution in [3.63, 3.8) is 0 Å². The van der Waals surface area contributed by atoms with Crippen LogP contribution in [0.2, 0.25) is 0 Å². The van der Waals surface area contributed by atoms with Crippen LogP contribution in [0.25, 0.3) is 0 Å². The van der Waals surface area contributed by atoms with Gasteiger partial charge in [0, 0.05) is 11.5 Å². The highest BCUT2D eigenvalue weighted by atomic mass is 32.1. The Morgan fingerprint density at radius 3 is 2.29 bits per heavy atom. The molecule has 1 heterocycles. The quantitative estimate of drug-likeness (QED) is 0.360. The second kappa shape index (κ2) is 10.5. The number of rotatable bonds is 11. The molecule has 0 aliphatic heterocycles. The number of unbranched alkanes of at least 4 members (excludes halogenated alkanes) is 2. The molecule has 0 atom stereocenters. The Morgan fingerprint density at radius 1 is 1.11 bits per heavy atom. The number of nitrogens with one attached hydrogen (secondary N) is 1. The van der Waals surface area contributed by atoms with Gasteiger partial charge in [-0.2, -0.15) is 0 Å². The van der Waals surface area contributed by atoms with E-state index in [-0.39, 0.29) is 5.41 Å². The highest BCUT2D eigenvalue weighted by Gasteiger charge is 2.31. The third-order valence-electron chi connectivity index (χ3n) is 5.56. The number of nitrogens with zero attached hydrogens (tertiary/aromatic N) is 1. The van der Waals surface area contributed by atoms with E-state index in [9.17, 15) is 0 Å². The van der Waals surface area contributed by atoms with E-state index in [4.69, 9.17) is 26.2 Å². The fourth-order valence-electron chi connectivity index (χ4n) is 3.64. The Bertz CT molecular complexity index is 747. The van der Waals surface area contributed by atoms with Crippen molar-refractivity contribution in [2.24, 2.45) is 0 Å². The molecule has 0 bridgehead atoms. The average molecular weight is 405 g/mol. The van der Waals surface area contributed by atoms with Gasteiger partial charge in [0.15, 0.2) is 0 Å². The molecule has 5 nitrogen and oxygen atoms in total. The zero-order valence-electron chi connectivity index (χ0n) is 17.6. The van der Waals surface area contributed by atoms with Crippen LogP contribution >= 0.6 is 12.2 Å². The topological polar surface area (TPSA) is 56.5 Å². The van der Waals surface area contributed by atoms with Crippen molar-refractivity contribution in [2.75, 3.05) is 19.5 Å². The molecular formula is C22H32N2O3S. The lowest BCUT2D eigenvalue weighted by Gasteiger charge is -2.29. The highest BCUT2D eigenvalue weighted by Crippen LogP contribution is 2.37. The van der Waals surface area contributed by atoms with Crippen LogP contribution in [0.1, 0.15) is 70.6 Å². The van der Waals surface area contributed by atoms with Gasteiger partial charge in [0.1, 0.15) is 16.5 Å². The summed E-state index contributed by atoms with van der Waals surface area (Å²) in [5.74, 6) is 1.83. The van der Waals surface area contributed by atoms with Crippen LogP contribution in [0, 0.1) is 0 Å². The Kier molecular flexibility index (Phi) is 8.30. The normalized spacial score (nSPS) is 11.3. The van der Waals surface area contributed by atoms with Crippen molar-refractivity contribution >= 4 is 23.1 Å². The number of aromatic nitrogens is 1. The predicted molar refractivity (Wildman–Crippen MR) is 118 cm³/mol. The first-order valence-corrected chi connectivity index (χ1v) is 10.5. The summed E-state index contributed by atoms with van der Waals surface area (Å²) in [5, 5.41) is 7.54. The molecule has 0 radical (unpaired) electrons. The van der Waals surface area contributed by atoms with Crippen molar-refractivity contribution in [3.05, 3.63) is 35.5 Å². The molecule has 0 fully saturated rings. The van der Waals surface area contributed by atoms with E-state index in [0.29, 0.717) is 27.9 Å². The number of methoxy groups -OCH3 is 2. The predicted octanol–water partition coefficient (Wildman–Crippen LogP) is 6.12. The van der Waals surface area contributed by atoms with E-state index in [1.54, 1.807) is 14.2 Å². The SMILES string of the molecule is CCCCCC(CC)(CC)c1cc(NC(=S)c2c(OC)cccc2OC)on1. The molecule has 0 aliphatic rings. The fourth-order valence-corrected chi connectivity index (χ4v) is 3.94. The molecule has 154 valence electrons. The van der Waals surface area contributed by atoms with Gasteiger partial charge in [-0.25, -0.2) is 0 Å². The monoisotopic (exact) mass is 404 g/mol. The first-order chi connectivity index (χ1) is 13.5. The van der Waals surface area contributed by atoms with E-state index in [0.717, 1.165) is 25.0 Å². The van der Waals surface area contributed by atoms with E-state index >= 15 is 0 Å². The van der Waals surface area contributed by atoms with Crippen LogP contribution in [0.15, 0.2) is 28.8 Å². The van der Waals surface area contributed by atoms with Gasteiger partial charge in [-0.3, -0.25) is 0 Å². The maximum absolute atomic E-state index is 5.60. The Labute approximate surface area is 173 Å². The minimum Gasteiger partial charge on any atom is -0.496 e. The lowest BCUT2D eigenvalue weighted by molar-refractivity contribution is 0.316. The summed E-state index contributed by atoms with van der Waals surface area (Å²) in [6, 6.07) is 7.55. The van der Waals surface area contributed by atoms with Gasteiger partial charge in [-0.05, 0) is 31.4 Å². The zero-order chi connectivity index (χ0) is 20.6. The van der Waals surface area contributed by atoms with Crippen LogP contribution in [0.5, 0.6) is 11.5 Å². The second-order valence-corrected chi connectivity index (χ2v) is 7.42. The van der Waals surface area contributed by atoms with Gasteiger partial charge in [0.2, 0.25) is 5.88 Å². The van der Waals surface area contributed by atoms with Crippen molar-refractivity contribution in [1.82, 2.24) is 5.16 Å². The number of hydrogen-bond donors (Lipinski definition) is 1. The molecule has 0 aliphatic carbocycles. The molecule has 1 aromatic carbocycles. The maximum atomic E-state index is 5.60. The molecule has 2 aromatic rings. The summed E-state index contributed by atoms with van der Waals surface area (Å²) < 4.78 is 16.5. The highest BCUT2D eigenvalue weighted by molar-refractivity contribution is 7.81. The minimum atomic E-state index is 0.0440. The van der Waals surface area contributed by atoms with Crippen LogP contribution in [0.3, 0.4) is 0 Å². The molecule has 2 rings (SSSR count). The van der Waals surface area contributed by atoms with Crippen LogP contribution in [0.4, 0.5) is 5.88 Å². The molecule has 1 N–H and O–H groups in total. The van der Waals surface area contributed by atoms with Crippen LogP contribution in [-0.2, 0) is 5.41 Å². The van der Waals surface area contributed by atoms with Gasteiger partial charge in [-0.1, -0.05) is 63.5 Å². The summed E-state index contributed by atoms with van der Waals surface area (Å²) in [5.41, 5.74) is 1.73. The molecular weight excluding hydrogens is 372 g/mol. The molecule has 0 saturated heterocycles. The second-order valence-electron chi connectivity index (χ2n) is 7.01. The smallest absolute Gasteiger partial charge is 0.229 e. The molecule has 0 unspecified atom stereocenters. The fraction of sp³-hybridized carbons (Fsp3) is 0.545. The number of hydrogen-bond acceptors (Lipinski definition) is 5. The number of benzene rings is 1. The van der Waals surface area contributed by atoms with Crippen molar-refractivity contribution in [3.8, 4) is 11.5 Å². The first kappa shape index (κ1) is 22.2. The molecule has 6 heteroatoms. The van der Waals surface area contributed by atoms with Gasteiger partial charge in [0.25, 0.3) is 0 Å². The van der Waals surface area contributed by atoms with E-state index in [2.05, 4.69) is 31.2 Å². The number of thiocarbonyl (C=S) groups is 1. The van der Waals surface area contributed by atoms with Gasteiger partial charge < -0.3 is 19.3 Å². The Morgan fingerprint density at radius 2 is 1.75 bits per heavy atom.